The van der Waals surface area contributed by atoms with E-state index in [0.717, 1.165) is 50.6 Å². The normalized spacial score (nSPS) is 23.1. The van der Waals surface area contributed by atoms with Crippen molar-refractivity contribution in [1.29, 1.82) is 0 Å². The number of carbonyl (C=O) groups excluding carboxylic acids is 1. The van der Waals surface area contributed by atoms with E-state index in [0.29, 0.717) is 6.61 Å². The summed E-state index contributed by atoms with van der Waals surface area (Å²) in [5.41, 5.74) is 1.04. The fourth-order valence-electron chi connectivity index (χ4n) is 4.60. The van der Waals surface area contributed by atoms with Gasteiger partial charge in [-0.3, -0.25) is 9.69 Å². The van der Waals surface area contributed by atoms with Crippen molar-refractivity contribution in [3.63, 3.8) is 0 Å². The quantitative estimate of drug-likeness (QED) is 0.815. The van der Waals surface area contributed by atoms with E-state index in [1.165, 1.54) is 12.8 Å². The van der Waals surface area contributed by atoms with Gasteiger partial charge in [-0.25, -0.2) is 0 Å². The molecule has 5 nitrogen and oxygen atoms in total. The lowest BCUT2D eigenvalue weighted by molar-refractivity contribution is 0.0652. The molecule has 0 N–H and O–H groups in total. The van der Waals surface area contributed by atoms with Crippen LogP contribution in [0.3, 0.4) is 0 Å². The van der Waals surface area contributed by atoms with Crippen molar-refractivity contribution < 1.29 is 9.53 Å². The third kappa shape index (κ3) is 4.03. The SMILES string of the molecule is Cn1cccc1C(=O)N1CCC2(CCCN(CCOc3ccccc3)C2)C1. The fourth-order valence-corrected chi connectivity index (χ4v) is 4.60. The Labute approximate surface area is 161 Å². The van der Waals surface area contributed by atoms with Crippen molar-refractivity contribution in [2.24, 2.45) is 12.5 Å². The predicted octanol–water partition coefficient (Wildman–Crippen LogP) is 3.03. The highest BCUT2D eigenvalue weighted by atomic mass is 16.5. The molecule has 3 heterocycles. The number of para-hydroxylation sites is 1. The van der Waals surface area contributed by atoms with Crippen LogP contribution >= 0.6 is 0 Å². The number of hydrogen-bond donors (Lipinski definition) is 0. The third-order valence-corrected chi connectivity index (χ3v) is 6.05. The maximum atomic E-state index is 12.8. The topological polar surface area (TPSA) is 37.7 Å². The highest BCUT2D eigenvalue weighted by Crippen LogP contribution is 2.39. The highest BCUT2D eigenvalue weighted by molar-refractivity contribution is 5.93. The summed E-state index contributed by atoms with van der Waals surface area (Å²) in [7, 11) is 1.94. The molecule has 2 saturated heterocycles. The standard InChI is InChI=1S/C22H29N3O2/c1-23-12-5-9-20(23)21(26)25-14-11-22(18-25)10-6-13-24(17-22)15-16-27-19-7-3-2-4-8-19/h2-5,7-9,12H,6,10-11,13-18H2,1H3. The van der Waals surface area contributed by atoms with Crippen LogP contribution in [0.1, 0.15) is 29.8 Å². The number of ether oxygens (including phenoxy) is 1. The molecule has 1 aromatic heterocycles. The van der Waals surface area contributed by atoms with Gasteiger partial charge in [-0.1, -0.05) is 18.2 Å². The first-order chi connectivity index (χ1) is 13.2. The summed E-state index contributed by atoms with van der Waals surface area (Å²) in [4.78, 5) is 17.4. The average molecular weight is 367 g/mol. The van der Waals surface area contributed by atoms with Crippen LogP contribution in [0.2, 0.25) is 0 Å². The van der Waals surface area contributed by atoms with Gasteiger partial charge in [-0.2, -0.15) is 0 Å². The van der Waals surface area contributed by atoms with Crippen molar-refractivity contribution >= 4 is 5.91 Å². The molecule has 1 unspecified atom stereocenters. The van der Waals surface area contributed by atoms with Crippen LogP contribution in [0.5, 0.6) is 5.75 Å². The number of benzene rings is 1. The van der Waals surface area contributed by atoms with Crippen LogP contribution in [0.25, 0.3) is 0 Å². The van der Waals surface area contributed by atoms with Crippen LogP contribution in [0.4, 0.5) is 0 Å². The van der Waals surface area contributed by atoms with Gasteiger partial charge in [0, 0.05) is 44.8 Å². The lowest BCUT2D eigenvalue weighted by Crippen LogP contribution is -2.46. The number of aromatic nitrogens is 1. The van der Waals surface area contributed by atoms with E-state index in [2.05, 4.69) is 9.80 Å². The number of nitrogens with zero attached hydrogens (tertiary/aromatic N) is 3. The third-order valence-electron chi connectivity index (χ3n) is 6.05. The molecular formula is C22H29N3O2. The number of rotatable bonds is 5. The summed E-state index contributed by atoms with van der Waals surface area (Å²) in [5, 5.41) is 0. The summed E-state index contributed by atoms with van der Waals surface area (Å²) >= 11 is 0. The molecule has 0 aliphatic carbocycles. The van der Waals surface area contributed by atoms with E-state index in [-0.39, 0.29) is 11.3 Å². The Kier molecular flexibility index (Phi) is 5.21. The summed E-state index contributed by atoms with van der Waals surface area (Å²) in [6.45, 7) is 5.62. The molecule has 0 radical (unpaired) electrons. The molecule has 1 atom stereocenters. The zero-order chi connectivity index (χ0) is 18.7. The first-order valence-electron chi connectivity index (χ1n) is 9.96. The summed E-state index contributed by atoms with van der Waals surface area (Å²) < 4.78 is 7.79. The van der Waals surface area contributed by atoms with E-state index in [9.17, 15) is 4.79 Å². The van der Waals surface area contributed by atoms with Crippen LogP contribution in [-0.2, 0) is 7.05 Å². The van der Waals surface area contributed by atoms with Gasteiger partial charge in [-0.05, 0) is 50.1 Å². The van der Waals surface area contributed by atoms with Gasteiger partial charge in [0.05, 0.1) is 0 Å². The van der Waals surface area contributed by atoms with E-state index < -0.39 is 0 Å². The Morgan fingerprint density at radius 2 is 1.93 bits per heavy atom. The van der Waals surface area contributed by atoms with Crippen molar-refractivity contribution in [3.8, 4) is 5.75 Å². The van der Waals surface area contributed by atoms with Crippen LogP contribution in [-0.4, -0.2) is 59.6 Å². The van der Waals surface area contributed by atoms with Gasteiger partial charge < -0.3 is 14.2 Å². The minimum absolute atomic E-state index is 0.170. The molecule has 0 saturated carbocycles. The Morgan fingerprint density at radius 1 is 1.07 bits per heavy atom. The molecule has 0 bridgehead atoms. The molecule has 27 heavy (non-hydrogen) atoms. The van der Waals surface area contributed by atoms with Crippen molar-refractivity contribution in [1.82, 2.24) is 14.4 Å². The molecule has 2 fully saturated rings. The summed E-state index contributed by atoms with van der Waals surface area (Å²) in [6.07, 6.45) is 5.48. The van der Waals surface area contributed by atoms with Gasteiger partial charge in [0.1, 0.15) is 18.1 Å². The van der Waals surface area contributed by atoms with E-state index in [1.54, 1.807) is 0 Å². The maximum absolute atomic E-state index is 12.8. The minimum Gasteiger partial charge on any atom is -0.492 e. The molecule has 5 heteroatoms. The van der Waals surface area contributed by atoms with E-state index in [4.69, 9.17) is 4.74 Å². The second-order valence-electron chi connectivity index (χ2n) is 8.02. The number of likely N-dealkylation sites (tertiary alicyclic amines) is 2. The summed E-state index contributed by atoms with van der Waals surface area (Å²) in [5.74, 6) is 1.10. The Morgan fingerprint density at radius 3 is 2.70 bits per heavy atom. The smallest absolute Gasteiger partial charge is 0.270 e. The molecule has 2 aromatic rings. The number of piperidine rings is 1. The highest BCUT2D eigenvalue weighted by Gasteiger charge is 2.43. The second kappa shape index (κ2) is 7.77. The Balaban J connectivity index is 1.31. The van der Waals surface area contributed by atoms with Crippen LogP contribution < -0.4 is 4.74 Å². The number of amides is 1. The molecule has 1 spiro atoms. The van der Waals surface area contributed by atoms with Crippen LogP contribution in [0.15, 0.2) is 48.7 Å². The van der Waals surface area contributed by atoms with Crippen molar-refractivity contribution in [2.45, 2.75) is 19.3 Å². The Hall–Kier alpha value is -2.27. The van der Waals surface area contributed by atoms with Gasteiger partial charge in [0.15, 0.2) is 0 Å². The zero-order valence-electron chi connectivity index (χ0n) is 16.1. The molecule has 2 aliphatic heterocycles. The first-order valence-corrected chi connectivity index (χ1v) is 9.96. The fraction of sp³-hybridized carbons (Fsp3) is 0.500. The first kappa shape index (κ1) is 18.1. The van der Waals surface area contributed by atoms with Crippen molar-refractivity contribution in [2.75, 3.05) is 39.3 Å². The molecule has 1 amide bonds. The van der Waals surface area contributed by atoms with Crippen LogP contribution in [0, 0.1) is 5.41 Å². The monoisotopic (exact) mass is 367 g/mol. The Bertz CT molecular complexity index is 773. The van der Waals surface area contributed by atoms with Gasteiger partial charge in [0.2, 0.25) is 0 Å². The van der Waals surface area contributed by atoms with Crippen molar-refractivity contribution in [3.05, 3.63) is 54.4 Å². The lowest BCUT2D eigenvalue weighted by Gasteiger charge is -2.40. The molecular weight excluding hydrogens is 338 g/mol. The zero-order valence-corrected chi connectivity index (χ0v) is 16.1. The lowest BCUT2D eigenvalue weighted by atomic mass is 9.79. The maximum Gasteiger partial charge on any atom is 0.270 e. The number of carbonyl (C=O) groups is 1. The number of hydrogen-bond acceptors (Lipinski definition) is 3. The molecule has 1 aromatic carbocycles. The van der Waals surface area contributed by atoms with Gasteiger partial charge >= 0.3 is 0 Å². The largest absolute Gasteiger partial charge is 0.492 e. The predicted molar refractivity (Wildman–Crippen MR) is 106 cm³/mol. The molecule has 4 rings (SSSR count). The van der Waals surface area contributed by atoms with E-state index in [1.807, 2.05) is 60.3 Å². The van der Waals surface area contributed by atoms with E-state index >= 15 is 0 Å². The minimum atomic E-state index is 0.170. The summed E-state index contributed by atoms with van der Waals surface area (Å²) in [6, 6.07) is 13.9. The number of aryl methyl sites for hydroxylation is 1. The van der Waals surface area contributed by atoms with Gasteiger partial charge in [-0.15, -0.1) is 0 Å². The second-order valence-corrected chi connectivity index (χ2v) is 8.02. The molecule has 2 aliphatic rings. The van der Waals surface area contributed by atoms with Gasteiger partial charge in [0.25, 0.3) is 5.91 Å². The average Bonchev–Trinajstić information content (AvgIpc) is 3.29. The molecule has 144 valence electrons.